The number of rotatable bonds is 2. The van der Waals surface area contributed by atoms with E-state index in [0.29, 0.717) is 0 Å². The zero-order valence-electron chi connectivity index (χ0n) is 10.4. The van der Waals surface area contributed by atoms with Gasteiger partial charge in [-0.15, -0.1) is 11.3 Å². The Labute approximate surface area is 110 Å². The van der Waals surface area contributed by atoms with Crippen molar-refractivity contribution in [2.24, 2.45) is 0 Å². The highest BCUT2D eigenvalue weighted by Crippen LogP contribution is 2.35. The first kappa shape index (κ1) is 12.3. The van der Waals surface area contributed by atoms with Gasteiger partial charge in [0.05, 0.1) is 12.8 Å². The Morgan fingerprint density at radius 3 is 2.35 bits per heavy atom. The molecule has 0 bridgehead atoms. The van der Waals surface area contributed by atoms with Gasteiger partial charge in [-0.05, 0) is 56.2 Å². The van der Waals surface area contributed by atoms with E-state index in [1.54, 1.807) is 18.4 Å². The fraction of sp³-hybridized carbons (Fsp3) is 0.308. The maximum atomic E-state index is 5.45. The van der Waals surface area contributed by atoms with Gasteiger partial charge in [0.15, 0.2) is 3.95 Å². The predicted octanol–water partition coefficient (Wildman–Crippen LogP) is 4.41. The summed E-state index contributed by atoms with van der Waals surface area (Å²) in [6.45, 7) is 6.26. The van der Waals surface area contributed by atoms with E-state index in [9.17, 15) is 0 Å². The number of aryl methyl sites for hydroxylation is 3. The topological polar surface area (TPSA) is 25.0 Å². The van der Waals surface area contributed by atoms with Crippen LogP contribution in [0.25, 0.3) is 11.3 Å². The quantitative estimate of drug-likeness (QED) is 0.814. The first-order chi connectivity index (χ1) is 8.02. The number of hydrogen-bond acceptors (Lipinski definition) is 3. The number of aromatic nitrogens is 1. The monoisotopic (exact) mass is 265 g/mol. The summed E-state index contributed by atoms with van der Waals surface area (Å²) < 4.78 is 6.25. The minimum absolute atomic E-state index is 0.804. The molecule has 0 amide bonds. The Hall–Kier alpha value is -1.13. The molecule has 0 atom stereocenters. The first-order valence-electron chi connectivity index (χ1n) is 5.38. The molecule has 1 N–H and O–H groups in total. The molecule has 4 heteroatoms. The minimum atomic E-state index is 0.804. The molecule has 0 radical (unpaired) electrons. The lowest BCUT2D eigenvalue weighted by Gasteiger charge is -2.11. The highest BCUT2D eigenvalue weighted by Gasteiger charge is 2.12. The zero-order chi connectivity index (χ0) is 12.6. The molecule has 17 heavy (non-hydrogen) atoms. The Morgan fingerprint density at radius 1 is 1.18 bits per heavy atom. The Morgan fingerprint density at radius 2 is 1.82 bits per heavy atom. The largest absolute Gasteiger partial charge is 0.496 e. The molecule has 0 aliphatic rings. The number of H-pyrrole nitrogens is 1. The number of ether oxygens (including phenoxy) is 1. The summed E-state index contributed by atoms with van der Waals surface area (Å²) in [5, 5.41) is 0. The molecule has 90 valence electrons. The maximum absolute atomic E-state index is 5.45. The van der Waals surface area contributed by atoms with Gasteiger partial charge < -0.3 is 9.72 Å². The van der Waals surface area contributed by atoms with Crippen LogP contribution < -0.4 is 4.74 Å². The molecule has 0 unspecified atom stereocenters. The van der Waals surface area contributed by atoms with Gasteiger partial charge in [0.2, 0.25) is 0 Å². The Kier molecular flexibility index (Phi) is 3.35. The number of nitrogens with one attached hydrogen (secondary N) is 1. The molecule has 0 aliphatic heterocycles. The molecule has 1 aromatic heterocycles. The Bertz CT molecular complexity index is 610. The van der Waals surface area contributed by atoms with Crippen LogP contribution >= 0.6 is 23.6 Å². The number of hydrogen-bond donors (Lipinski definition) is 1. The molecule has 0 saturated carbocycles. The summed E-state index contributed by atoms with van der Waals surface area (Å²) in [6.07, 6.45) is 0. The third kappa shape index (κ3) is 2.28. The van der Waals surface area contributed by atoms with Crippen molar-refractivity contribution in [3.8, 4) is 17.0 Å². The lowest BCUT2D eigenvalue weighted by Crippen LogP contribution is -1.92. The average Bonchev–Trinajstić information content (AvgIpc) is 2.61. The molecule has 2 aromatic rings. The zero-order valence-corrected chi connectivity index (χ0v) is 12.0. The molecule has 0 spiro atoms. The van der Waals surface area contributed by atoms with Gasteiger partial charge in [-0.1, -0.05) is 0 Å². The summed E-state index contributed by atoms with van der Waals surface area (Å²) in [6, 6.07) is 4.22. The normalized spacial score (nSPS) is 10.6. The minimum Gasteiger partial charge on any atom is -0.496 e. The van der Waals surface area contributed by atoms with E-state index in [0.717, 1.165) is 21.0 Å². The van der Waals surface area contributed by atoms with Crippen LogP contribution in [0.4, 0.5) is 0 Å². The standard InChI is InChI=1S/C13H15NOS2/c1-7-5-10(11(15-4)6-8(7)2)12-9(3)17-13(16)14-12/h5-6H,1-4H3,(H,14,16). The summed E-state index contributed by atoms with van der Waals surface area (Å²) in [5.74, 6) is 0.889. The van der Waals surface area contributed by atoms with Gasteiger partial charge in [-0.3, -0.25) is 0 Å². The fourth-order valence-electron chi connectivity index (χ4n) is 1.82. The van der Waals surface area contributed by atoms with Gasteiger partial charge >= 0.3 is 0 Å². The van der Waals surface area contributed by atoms with Crippen LogP contribution in [0.3, 0.4) is 0 Å². The second kappa shape index (κ2) is 4.63. The van der Waals surface area contributed by atoms with Crippen LogP contribution in [0, 0.1) is 24.7 Å². The molecular weight excluding hydrogens is 250 g/mol. The third-order valence-electron chi connectivity index (χ3n) is 2.91. The van der Waals surface area contributed by atoms with Crippen molar-refractivity contribution in [2.45, 2.75) is 20.8 Å². The summed E-state index contributed by atoms with van der Waals surface area (Å²) in [5.41, 5.74) is 4.64. The van der Waals surface area contributed by atoms with Crippen LogP contribution in [-0.4, -0.2) is 12.1 Å². The SMILES string of the molecule is COc1cc(C)c(C)cc1-c1[nH]c(=S)sc1C. The van der Waals surface area contributed by atoms with Gasteiger partial charge in [0, 0.05) is 10.4 Å². The van der Waals surface area contributed by atoms with Crippen molar-refractivity contribution in [3.63, 3.8) is 0 Å². The molecular formula is C13H15NOS2. The van der Waals surface area contributed by atoms with Gasteiger partial charge in [-0.2, -0.15) is 0 Å². The average molecular weight is 265 g/mol. The number of methoxy groups -OCH3 is 1. The van der Waals surface area contributed by atoms with E-state index >= 15 is 0 Å². The second-order valence-electron chi connectivity index (χ2n) is 4.08. The fourth-order valence-corrected chi connectivity index (χ4v) is 2.99. The van der Waals surface area contributed by atoms with Gasteiger partial charge in [0.25, 0.3) is 0 Å². The molecule has 0 aliphatic carbocycles. The number of benzene rings is 1. The maximum Gasteiger partial charge on any atom is 0.159 e. The van der Waals surface area contributed by atoms with Crippen LogP contribution in [0.2, 0.25) is 0 Å². The van der Waals surface area contributed by atoms with E-state index in [1.807, 2.05) is 0 Å². The lowest BCUT2D eigenvalue weighted by atomic mass is 10.0. The van der Waals surface area contributed by atoms with Crippen molar-refractivity contribution < 1.29 is 4.74 Å². The Balaban J connectivity index is 2.70. The van der Waals surface area contributed by atoms with Gasteiger partial charge in [0.1, 0.15) is 5.75 Å². The number of thiazole rings is 1. The highest BCUT2D eigenvalue weighted by molar-refractivity contribution is 7.73. The molecule has 2 rings (SSSR count). The van der Waals surface area contributed by atoms with Crippen molar-refractivity contribution in [1.82, 2.24) is 4.98 Å². The second-order valence-corrected chi connectivity index (χ2v) is 5.97. The lowest BCUT2D eigenvalue weighted by molar-refractivity contribution is 0.416. The van der Waals surface area contributed by atoms with E-state index in [1.165, 1.54) is 16.0 Å². The summed E-state index contributed by atoms with van der Waals surface area (Å²) >= 11 is 6.78. The summed E-state index contributed by atoms with van der Waals surface area (Å²) in [7, 11) is 1.70. The summed E-state index contributed by atoms with van der Waals surface area (Å²) in [4.78, 5) is 4.43. The third-order valence-corrected chi connectivity index (χ3v) is 4.06. The van der Waals surface area contributed by atoms with Crippen molar-refractivity contribution in [2.75, 3.05) is 7.11 Å². The van der Waals surface area contributed by atoms with Crippen molar-refractivity contribution in [3.05, 3.63) is 32.1 Å². The van der Waals surface area contributed by atoms with E-state index in [-0.39, 0.29) is 0 Å². The van der Waals surface area contributed by atoms with E-state index in [4.69, 9.17) is 17.0 Å². The molecule has 2 nitrogen and oxygen atoms in total. The molecule has 1 heterocycles. The molecule has 1 aromatic carbocycles. The van der Waals surface area contributed by atoms with Gasteiger partial charge in [-0.25, -0.2) is 0 Å². The molecule has 0 fully saturated rings. The number of aromatic amines is 1. The van der Waals surface area contributed by atoms with Crippen molar-refractivity contribution >= 4 is 23.6 Å². The van der Waals surface area contributed by atoms with Crippen molar-refractivity contribution in [1.29, 1.82) is 0 Å². The van der Waals surface area contributed by atoms with Crippen LogP contribution in [-0.2, 0) is 0 Å². The highest BCUT2D eigenvalue weighted by atomic mass is 32.1. The molecule has 0 saturated heterocycles. The smallest absolute Gasteiger partial charge is 0.159 e. The predicted molar refractivity (Wildman–Crippen MR) is 75.7 cm³/mol. The van der Waals surface area contributed by atoms with Crippen LogP contribution in [0.1, 0.15) is 16.0 Å². The van der Waals surface area contributed by atoms with Crippen LogP contribution in [0.15, 0.2) is 12.1 Å². The first-order valence-corrected chi connectivity index (χ1v) is 6.60. The van der Waals surface area contributed by atoms with Crippen LogP contribution in [0.5, 0.6) is 5.75 Å². The van der Waals surface area contributed by atoms with E-state index in [2.05, 4.69) is 37.9 Å². The van der Waals surface area contributed by atoms with E-state index < -0.39 is 0 Å².